The SMILES string of the molecule is O=C1NC(=O)c2c1cc1ccccc1nccnccnc1c(n3cc2c2ccccc23)C1. The summed E-state index contributed by atoms with van der Waals surface area (Å²) in [5.41, 5.74) is 4.31. The highest BCUT2D eigenvalue weighted by atomic mass is 16.2. The van der Waals surface area contributed by atoms with Gasteiger partial charge in [-0.2, -0.15) is 0 Å². The fourth-order valence-electron chi connectivity index (χ4n) is 4.18. The lowest BCUT2D eigenvalue weighted by Gasteiger charge is -1.95. The zero-order chi connectivity index (χ0) is 22.4. The summed E-state index contributed by atoms with van der Waals surface area (Å²) in [6, 6.07) is 17.0. The molecule has 0 spiro atoms. The van der Waals surface area contributed by atoms with Crippen LogP contribution >= 0.6 is 0 Å². The third kappa shape index (κ3) is 3.27. The van der Waals surface area contributed by atoms with Crippen molar-refractivity contribution in [2.75, 3.05) is 0 Å². The van der Waals surface area contributed by atoms with Crippen molar-refractivity contribution in [2.24, 2.45) is 0 Å². The van der Waals surface area contributed by atoms with E-state index in [1.807, 2.05) is 54.7 Å². The van der Waals surface area contributed by atoms with Crippen molar-refractivity contribution < 1.29 is 9.59 Å². The zero-order valence-electron chi connectivity index (χ0n) is 17.4. The molecule has 0 saturated heterocycles. The van der Waals surface area contributed by atoms with Crippen LogP contribution in [-0.2, 0) is 6.42 Å². The van der Waals surface area contributed by atoms with E-state index >= 15 is 0 Å². The van der Waals surface area contributed by atoms with Crippen LogP contribution < -0.4 is 5.32 Å². The van der Waals surface area contributed by atoms with Crippen LogP contribution in [0.5, 0.6) is 0 Å². The molecule has 0 fully saturated rings. The molecule has 7 heteroatoms. The number of nitrogens with zero attached hydrogens (tertiary/aromatic N) is 4. The monoisotopic (exact) mass is 431 g/mol. The highest BCUT2D eigenvalue weighted by molar-refractivity contribution is 6.27. The third-order valence-electron chi connectivity index (χ3n) is 5.77. The average molecular weight is 431 g/mol. The summed E-state index contributed by atoms with van der Waals surface area (Å²) in [7, 11) is 0. The van der Waals surface area contributed by atoms with Gasteiger partial charge in [-0.25, -0.2) is 0 Å². The Morgan fingerprint density at radius 2 is 1.61 bits per heavy atom. The number of carbonyl (C=O) groups is 2. The molecule has 7 nitrogen and oxygen atoms in total. The van der Waals surface area contributed by atoms with Gasteiger partial charge in [0, 0.05) is 53.6 Å². The number of fused-ring (bicyclic) bond motifs is 10. The van der Waals surface area contributed by atoms with Crippen molar-refractivity contribution in [3.05, 3.63) is 108 Å². The van der Waals surface area contributed by atoms with Crippen LogP contribution in [0.4, 0.5) is 0 Å². The Hall–Kier alpha value is -4.65. The number of imide groups is 1. The minimum Gasteiger partial charge on any atom is -0.317 e. The van der Waals surface area contributed by atoms with Crippen LogP contribution in [0.3, 0.4) is 0 Å². The molecule has 4 aromatic rings. The van der Waals surface area contributed by atoms with Gasteiger partial charge in [0.2, 0.25) is 0 Å². The van der Waals surface area contributed by atoms with Gasteiger partial charge < -0.3 is 4.40 Å². The summed E-state index contributed by atoms with van der Waals surface area (Å²) >= 11 is 0. The van der Waals surface area contributed by atoms with Gasteiger partial charge in [-0.1, -0.05) is 36.4 Å². The number of para-hydroxylation sites is 2. The molecular formula is C26H17N5O2. The van der Waals surface area contributed by atoms with Crippen molar-refractivity contribution >= 4 is 39.0 Å². The number of benzene rings is 2. The van der Waals surface area contributed by atoms with Gasteiger partial charge in [-0.3, -0.25) is 29.9 Å². The lowest BCUT2D eigenvalue weighted by atomic mass is 10.1. The molecule has 0 unspecified atom stereocenters. The van der Waals surface area contributed by atoms with Crippen molar-refractivity contribution in [3.8, 4) is 0 Å². The van der Waals surface area contributed by atoms with Gasteiger partial charge in [0.05, 0.1) is 33.5 Å². The standard InChI is InChI=1S/C26H17N5O2/c32-25-18-13-16-5-1-3-7-20(16)28-11-9-27-10-12-29-21-14-23(21)31-15-19(24(18)26(33)30-25)17-6-2-4-8-22(17)31/h1-13,15H,14H2,(H,30,32,33). The maximum absolute atomic E-state index is 13.0. The molecule has 2 amide bonds. The van der Waals surface area contributed by atoms with Crippen molar-refractivity contribution in [1.29, 1.82) is 0 Å². The second-order valence-corrected chi connectivity index (χ2v) is 7.78. The molecule has 0 atom stereocenters. The predicted octanol–water partition coefficient (Wildman–Crippen LogP) is 4.03. The first-order valence-corrected chi connectivity index (χ1v) is 10.5. The Morgan fingerprint density at radius 1 is 0.818 bits per heavy atom. The molecule has 2 bridgehead atoms. The molecule has 1 aliphatic carbocycles. The largest absolute Gasteiger partial charge is 0.317 e. The van der Waals surface area contributed by atoms with Gasteiger partial charge in [0.15, 0.2) is 0 Å². The van der Waals surface area contributed by atoms with Gasteiger partial charge in [0.25, 0.3) is 11.8 Å². The molecule has 1 N–H and O–H groups in total. The van der Waals surface area contributed by atoms with Crippen molar-refractivity contribution in [1.82, 2.24) is 24.7 Å². The van der Waals surface area contributed by atoms with Gasteiger partial charge in [-0.05, 0) is 18.2 Å². The maximum Gasteiger partial charge on any atom is 0.259 e. The van der Waals surface area contributed by atoms with Gasteiger partial charge in [-0.15, -0.1) is 0 Å². The molecule has 33 heavy (non-hydrogen) atoms. The predicted molar refractivity (Wildman–Crippen MR) is 124 cm³/mol. The Labute approximate surface area is 188 Å². The van der Waals surface area contributed by atoms with Crippen LogP contribution in [0.2, 0.25) is 0 Å². The summed E-state index contributed by atoms with van der Waals surface area (Å²) in [5.74, 6) is -0.826. The van der Waals surface area contributed by atoms with E-state index in [1.165, 1.54) is 0 Å². The maximum atomic E-state index is 13.0. The first-order chi connectivity index (χ1) is 16.2. The van der Waals surface area contributed by atoms with Gasteiger partial charge >= 0.3 is 0 Å². The lowest BCUT2D eigenvalue weighted by Crippen LogP contribution is -2.20. The molecule has 0 radical (unpaired) electrons. The normalized spacial score (nSPS) is 13.1. The Balaban J connectivity index is 1.84. The minimum absolute atomic E-state index is 0.319. The molecule has 6 rings (SSSR count). The van der Waals surface area contributed by atoms with E-state index < -0.39 is 11.8 Å². The molecule has 2 aromatic carbocycles. The number of nitrogens with one attached hydrogen (secondary N) is 1. The fraction of sp³-hybridized carbons (Fsp3) is 0.0385. The molecule has 0 saturated carbocycles. The number of carbonyl (C=O) groups excluding carboxylic acids is 2. The van der Waals surface area contributed by atoms with Crippen LogP contribution in [0, 0.1) is 0 Å². The second kappa shape index (κ2) is 7.49. The van der Waals surface area contributed by atoms with E-state index in [1.54, 1.807) is 30.9 Å². The van der Waals surface area contributed by atoms with Crippen molar-refractivity contribution in [3.63, 3.8) is 0 Å². The van der Waals surface area contributed by atoms with E-state index in [0.29, 0.717) is 22.0 Å². The molecular weight excluding hydrogens is 414 g/mol. The number of amides is 2. The van der Waals surface area contributed by atoms with Crippen LogP contribution in [0.1, 0.15) is 32.1 Å². The summed E-state index contributed by atoms with van der Waals surface area (Å²) < 4.78 is 2.05. The Morgan fingerprint density at radius 3 is 2.52 bits per heavy atom. The topological polar surface area (TPSA) is 89.2 Å². The molecule has 2 aromatic heterocycles. The molecule has 2 aliphatic rings. The highest BCUT2D eigenvalue weighted by Crippen LogP contribution is 2.32. The molecule has 1 aliphatic heterocycles. The molecule has 3 heterocycles. The lowest BCUT2D eigenvalue weighted by molar-refractivity contribution is 0.0880. The fourth-order valence-corrected chi connectivity index (χ4v) is 4.18. The summed E-state index contributed by atoms with van der Waals surface area (Å²) in [6.07, 6.45) is 9.09. The summed E-state index contributed by atoms with van der Waals surface area (Å²) in [5, 5.41) is 4.80. The number of aromatic nitrogens is 4. The average Bonchev–Trinajstić information content (AvgIpc) is 3.41. The van der Waals surface area contributed by atoms with E-state index in [2.05, 4.69) is 24.7 Å². The van der Waals surface area contributed by atoms with Crippen LogP contribution in [-0.4, -0.2) is 31.2 Å². The number of rotatable bonds is 0. The summed E-state index contributed by atoms with van der Waals surface area (Å²) in [4.78, 5) is 38.9. The third-order valence-corrected chi connectivity index (χ3v) is 5.77. The van der Waals surface area contributed by atoms with Crippen LogP contribution in [0.15, 0.2) is 85.6 Å². The quantitative estimate of drug-likeness (QED) is 0.374. The van der Waals surface area contributed by atoms with E-state index in [9.17, 15) is 9.59 Å². The Kier molecular flexibility index (Phi) is 4.33. The minimum atomic E-state index is -0.421. The first-order valence-electron chi connectivity index (χ1n) is 10.5. The summed E-state index contributed by atoms with van der Waals surface area (Å²) in [6.45, 7) is 0. The smallest absolute Gasteiger partial charge is 0.259 e. The Bertz CT molecular complexity index is 1670. The first kappa shape index (κ1) is 19.1. The van der Waals surface area contributed by atoms with E-state index in [4.69, 9.17) is 0 Å². The van der Waals surface area contributed by atoms with E-state index in [-0.39, 0.29) is 0 Å². The zero-order valence-corrected chi connectivity index (χ0v) is 17.4. The molecule has 158 valence electrons. The van der Waals surface area contributed by atoms with Gasteiger partial charge in [0.1, 0.15) is 0 Å². The number of hydrogen-bond acceptors (Lipinski definition) is 5. The highest BCUT2D eigenvalue weighted by Gasteiger charge is 2.29. The van der Waals surface area contributed by atoms with Crippen LogP contribution in [0.25, 0.3) is 27.2 Å². The number of hydrogen-bond donors (Lipinski definition) is 1. The van der Waals surface area contributed by atoms with Crippen molar-refractivity contribution in [2.45, 2.75) is 6.42 Å². The van der Waals surface area contributed by atoms with E-state index in [0.717, 1.165) is 34.1 Å². The second-order valence-electron chi connectivity index (χ2n) is 7.78.